The molecular weight excluding hydrogens is 128 g/mol. The number of carbonyl (C=O) groups excluding carboxylic acids is 1. The maximum Gasteiger partial charge on any atom is 0.175 e. The number of hydrogen-bond acceptors (Lipinski definition) is 2. The third-order valence-electron chi connectivity index (χ3n) is 1.11. The molecule has 2 heteroatoms. The van der Waals surface area contributed by atoms with Gasteiger partial charge in [-0.3, -0.25) is 4.79 Å². The van der Waals surface area contributed by atoms with Gasteiger partial charge in [-0.15, -0.1) is 5.92 Å². The zero-order chi connectivity index (χ0) is 8.20. The second-order valence-corrected chi connectivity index (χ2v) is 2.59. The Morgan fingerprint density at radius 1 is 1.60 bits per heavy atom. The first-order valence-electron chi connectivity index (χ1n) is 3.13. The second kappa shape index (κ2) is 3.38. The molecule has 0 saturated heterocycles. The summed E-state index contributed by atoms with van der Waals surface area (Å²) in [5, 5.41) is 9.10. The molecule has 10 heavy (non-hydrogen) atoms. The van der Waals surface area contributed by atoms with E-state index in [1.54, 1.807) is 6.92 Å². The van der Waals surface area contributed by atoms with Gasteiger partial charge in [0.25, 0.3) is 0 Å². The van der Waals surface area contributed by atoms with Gasteiger partial charge in [-0.2, -0.15) is 0 Å². The summed E-state index contributed by atoms with van der Waals surface area (Å²) in [6.07, 6.45) is 0.139. The van der Waals surface area contributed by atoms with Gasteiger partial charge in [0.05, 0.1) is 6.42 Å². The van der Waals surface area contributed by atoms with Crippen LogP contribution in [0.15, 0.2) is 0 Å². The monoisotopic (exact) mass is 140 g/mol. The molecule has 0 bridgehead atoms. The number of Topliss-reactive ketones (excluding diaryl/α,β-unsaturated/α-hetero) is 1. The number of carbonyl (C=O) groups is 1. The number of aliphatic hydroxyl groups is 1. The predicted molar refractivity (Wildman–Crippen MR) is 39.4 cm³/mol. The van der Waals surface area contributed by atoms with Crippen molar-refractivity contribution in [1.29, 1.82) is 0 Å². The van der Waals surface area contributed by atoms with Crippen molar-refractivity contribution in [2.45, 2.75) is 32.8 Å². The molecule has 0 atom stereocenters. The van der Waals surface area contributed by atoms with Crippen molar-refractivity contribution in [3.8, 4) is 11.8 Å². The number of rotatable bonds is 2. The average Bonchev–Trinajstić information content (AvgIpc) is 1.80. The van der Waals surface area contributed by atoms with Gasteiger partial charge in [0, 0.05) is 0 Å². The molecule has 0 aliphatic rings. The summed E-state index contributed by atoms with van der Waals surface area (Å²) in [7, 11) is 0. The Morgan fingerprint density at radius 2 is 2.10 bits per heavy atom. The molecule has 56 valence electrons. The van der Waals surface area contributed by atoms with Gasteiger partial charge < -0.3 is 5.11 Å². The van der Waals surface area contributed by atoms with Gasteiger partial charge in [-0.25, -0.2) is 0 Å². The van der Waals surface area contributed by atoms with Crippen LogP contribution in [0.25, 0.3) is 0 Å². The molecule has 0 fully saturated rings. The first kappa shape index (κ1) is 9.19. The molecule has 0 radical (unpaired) electrons. The fourth-order valence-electron chi connectivity index (χ4n) is 0.385. The minimum atomic E-state index is -1.23. The second-order valence-electron chi connectivity index (χ2n) is 2.59. The lowest BCUT2D eigenvalue weighted by Crippen LogP contribution is -2.30. The van der Waals surface area contributed by atoms with Gasteiger partial charge in [-0.1, -0.05) is 5.92 Å². The van der Waals surface area contributed by atoms with E-state index in [2.05, 4.69) is 11.8 Å². The van der Waals surface area contributed by atoms with Crippen molar-refractivity contribution in [2.75, 3.05) is 0 Å². The van der Waals surface area contributed by atoms with Crippen LogP contribution in [-0.2, 0) is 4.79 Å². The van der Waals surface area contributed by atoms with E-state index in [4.69, 9.17) is 5.11 Å². The Hall–Kier alpha value is -0.810. The minimum absolute atomic E-state index is 0.139. The van der Waals surface area contributed by atoms with E-state index < -0.39 is 5.60 Å². The van der Waals surface area contributed by atoms with Crippen LogP contribution >= 0.6 is 0 Å². The van der Waals surface area contributed by atoms with Gasteiger partial charge in [-0.05, 0) is 20.8 Å². The van der Waals surface area contributed by atoms with Crippen molar-refractivity contribution < 1.29 is 9.90 Å². The summed E-state index contributed by atoms with van der Waals surface area (Å²) < 4.78 is 0. The summed E-state index contributed by atoms with van der Waals surface area (Å²) in [5.74, 6) is 4.95. The Labute approximate surface area is 61.2 Å². The van der Waals surface area contributed by atoms with E-state index in [0.29, 0.717) is 0 Å². The molecule has 0 saturated carbocycles. The van der Waals surface area contributed by atoms with Crippen molar-refractivity contribution in [3.05, 3.63) is 0 Å². The van der Waals surface area contributed by atoms with E-state index in [1.807, 2.05) is 0 Å². The molecule has 0 heterocycles. The van der Waals surface area contributed by atoms with Gasteiger partial charge >= 0.3 is 0 Å². The highest BCUT2D eigenvalue weighted by molar-refractivity contribution is 5.88. The third kappa shape index (κ3) is 3.26. The fraction of sp³-hybridized carbons (Fsp3) is 0.625. The van der Waals surface area contributed by atoms with E-state index >= 15 is 0 Å². The Kier molecular flexibility index (Phi) is 3.11. The third-order valence-corrected chi connectivity index (χ3v) is 1.11. The van der Waals surface area contributed by atoms with Crippen LogP contribution in [0, 0.1) is 11.8 Å². The summed E-state index contributed by atoms with van der Waals surface area (Å²) in [4.78, 5) is 10.9. The van der Waals surface area contributed by atoms with Crippen LogP contribution in [0.3, 0.4) is 0 Å². The molecule has 1 N–H and O–H groups in total. The number of ketones is 1. The topological polar surface area (TPSA) is 37.3 Å². The van der Waals surface area contributed by atoms with Gasteiger partial charge in [0.15, 0.2) is 5.78 Å². The molecule has 0 aliphatic heterocycles. The zero-order valence-electron chi connectivity index (χ0n) is 6.56. The van der Waals surface area contributed by atoms with Crippen LogP contribution in [0.4, 0.5) is 0 Å². The molecule has 0 unspecified atom stereocenters. The van der Waals surface area contributed by atoms with Gasteiger partial charge in [0.2, 0.25) is 0 Å². The Balaban J connectivity index is 3.95. The largest absolute Gasteiger partial charge is 0.383 e. The minimum Gasteiger partial charge on any atom is -0.383 e. The molecule has 0 amide bonds. The Morgan fingerprint density at radius 3 is 2.40 bits per heavy atom. The normalized spacial score (nSPS) is 10.0. The lowest BCUT2D eigenvalue weighted by molar-refractivity contribution is -0.132. The molecule has 0 rings (SSSR count). The first-order valence-corrected chi connectivity index (χ1v) is 3.13. The molecule has 0 spiro atoms. The standard InChI is InChI=1S/C8H12O2/c1-4-5-6-7(9)8(2,3)10/h10H,6H2,1-3H3. The van der Waals surface area contributed by atoms with Crippen LogP contribution < -0.4 is 0 Å². The highest BCUT2D eigenvalue weighted by Crippen LogP contribution is 2.04. The van der Waals surface area contributed by atoms with Crippen molar-refractivity contribution >= 4 is 5.78 Å². The zero-order valence-corrected chi connectivity index (χ0v) is 6.56. The molecule has 0 aromatic rings. The van der Waals surface area contributed by atoms with E-state index in [9.17, 15) is 4.79 Å². The maximum absolute atomic E-state index is 10.9. The fourth-order valence-corrected chi connectivity index (χ4v) is 0.385. The Bertz CT molecular complexity index is 176. The lowest BCUT2D eigenvalue weighted by atomic mass is 10.0. The van der Waals surface area contributed by atoms with E-state index in [0.717, 1.165) is 0 Å². The van der Waals surface area contributed by atoms with Crippen LogP contribution in [0.2, 0.25) is 0 Å². The SMILES string of the molecule is CC#CCC(=O)C(C)(C)O. The van der Waals surface area contributed by atoms with Gasteiger partial charge in [0.1, 0.15) is 5.60 Å². The molecule has 0 aromatic carbocycles. The summed E-state index contributed by atoms with van der Waals surface area (Å²) in [6.45, 7) is 4.59. The highest BCUT2D eigenvalue weighted by atomic mass is 16.3. The molecule has 2 nitrogen and oxygen atoms in total. The summed E-state index contributed by atoms with van der Waals surface area (Å²) in [6, 6.07) is 0. The highest BCUT2D eigenvalue weighted by Gasteiger charge is 2.21. The smallest absolute Gasteiger partial charge is 0.175 e. The summed E-state index contributed by atoms with van der Waals surface area (Å²) in [5.41, 5.74) is -1.23. The quantitative estimate of drug-likeness (QED) is 0.574. The molecule has 0 aliphatic carbocycles. The van der Waals surface area contributed by atoms with Crippen LogP contribution in [-0.4, -0.2) is 16.5 Å². The van der Waals surface area contributed by atoms with Crippen LogP contribution in [0.5, 0.6) is 0 Å². The molecular formula is C8H12O2. The van der Waals surface area contributed by atoms with E-state index in [1.165, 1.54) is 13.8 Å². The first-order chi connectivity index (χ1) is 4.48. The predicted octanol–water partition coefficient (Wildman–Crippen LogP) is 0.740. The molecule has 0 aromatic heterocycles. The lowest BCUT2D eigenvalue weighted by Gasteiger charge is -2.12. The van der Waals surface area contributed by atoms with Crippen molar-refractivity contribution in [1.82, 2.24) is 0 Å². The van der Waals surface area contributed by atoms with Crippen molar-refractivity contribution in [3.63, 3.8) is 0 Å². The average molecular weight is 140 g/mol. The van der Waals surface area contributed by atoms with Crippen LogP contribution in [0.1, 0.15) is 27.2 Å². The summed E-state index contributed by atoms with van der Waals surface area (Å²) >= 11 is 0. The van der Waals surface area contributed by atoms with E-state index in [-0.39, 0.29) is 12.2 Å². The van der Waals surface area contributed by atoms with Crippen molar-refractivity contribution in [2.24, 2.45) is 0 Å². The maximum atomic E-state index is 10.9. The number of hydrogen-bond donors (Lipinski definition) is 1.